The Hall–Kier alpha value is -2.28. The van der Waals surface area contributed by atoms with Crippen molar-refractivity contribution in [3.8, 4) is 11.3 Å². The maximum atomic E-state index is 13.8. The zero-order valence-electron chi connectivity index (χ0n) is 10.7. The van der Waals surface area contributed by atoms with Gasteiger partial charge in [0.2, 0.25) is 0 Å². The number of rotatable bonds is 4. The van der Waals surface area contributed by atoms with Crippen molar-refractivity contribution in [1.29, 1.82) is 0 Å². The van der Waals surface area contributed by atoms with Crippen molar-refractivity contribution < 1.29 is 18.7 Å². The Labute approximate surface area is 122 Å². The number of aryl methyl sites for hydroxylation is 1. The van der Waals surface area contributed by atoms with Gasteiger partial charge in [-0.2, -0.15) is 0 Å². The fourth-order valence-corrected chi connectivity index (χ4v) is 3.01. The Morgan fingerprint density at radius 3 is 2.71 bits per heavy atom. The summed E-state index contributed by atoms with van der Waals surface area (Å²) in [6.45, 7) is 0. The minimum atomic E-state index is -0.894. The minimum absolute atomic E-state index is 0.00654. The van der Waals surface area contributed by atoms with Crippen molar-refractivity contribution in [3.63, 3.8) is 0 Å². The molecule has 1 aromatic carbocycles. The lowest BCUT2D eigenvalue weighted by Gasteiger charge is -2.00. The molecule has 21 heavy (non-hydrogen) atoms. The molecule has 7 heteroatoms. The van der Waals surface area contributed by atoms with Gasteiger partial charge in [-0.15, -0.1) is 11.3 Å². The maximum Gasteiger partial charge on any atom is 0.303 e. The fourth-order valence-electron chi connectivity index (χ4n) is 2.11. The van der Waals surface area contributed by atoms with Gasteiger partial charge in [0.05, 0.1) is 17.7 Å². The van der Waals surface area contributed by atoms with Crippen LogP contribution in [0.1, 0.15) is 12.1 Å². The molecule has 0 spiro atoms. The molecule has 0 amide bonds. The predicted octanol–water partition coefficient (Wildman–Crippen LogP) is 3.36. The molecule has 4 nitrogen and oxygen atoms in total. The van der Waals surface area contributed by atoms with Crippen molar-refractivity contribution in [3.05, 3.63) is 47.1 Å². The first-order valence-corrected chi connectivity index (χ1v) is 7.06. The van der Waals surface area contributed by atoms with E-state index in [1.54, 1.807) is 9.78 Å². The van der Waals surface area contributed by atoms with Gasteiger partial charge in [0.25, 0.3) is 0 Å². The number of carbonyl (C=O) groups is 1. The molecule has 0 saturated carbocycles. The Kier molecular flexibility index (Phi) is 3.42. The highest BCUT2D eigenvalue weighted by atomic mass is 32.1. The minimum Gasteiger partial charge on any atom is -0.481 e. The number of aliphatic carboxylic acids is 1. The van der Waals surface area contributed by atoms with Gasteiger partial charge in [-0.25, -0.2) is 13.8 Å². The number of carboxylic acids is 1. The first-order chi connectivity index (χ1) is 10.1. The van der Waals surface area contributed by atoms with E-state index in [4.69, 9.17) is 5.11 Å². The van der Waals surface area contributed by atoms with Crippen LogP contribution in [0.4, 0.5) is 8.78 Å². The summed E-state index contributed by atoms with van der Waals surface area (Å²) in [7, 11) is 0. The van der Waals surface area contributed by atoms with E-state index >= 15 is 0 Å². The van der Waals surface area contributed by atoms with Crippen LogP contribution in [-0.4, -0.2) is 20.5 Å². The largest absolute Gasteiger partial charge is 0.481 e. The van der Waals surface area contributed by atoms with Gasteiger partial charge >= 0.3 is 5.97 Å². The second-order valence-corrected chi connectivity index (χ2v) is 5.33. The summed E-state index contributed by atoms with van der Waals surface area (Å²) in [6.07, 6.45) is 1.86. The zero-order chi connectivity index (χ0) is 15.0. The lowest BCUT2D eigenvalue weighted by atomic mass is 10.1. The molecule has 0 unspecified atom stereocenters. The second kappa shape index (κ2) is 5.25. The normalized spacial score (nSPS) is 11.1. The van der Waals surface area contributed by atoms with Crippen molar-refractivity contribution >= 4 is 22.3 Å². The molecule has 0 atom stereocenters. The number of fused-ring (bicyclic) bond motifs is 1. The molecule has 1 N–H and O–H groups in total. The fraction of sp³-hybridized carbons (Fsp3) is 0.143. The van der Waals surface area contributed by atoms with Crippen LogP contribution >= 0.6 is 11.3 Å². The van der Waals surface area contributed by atoms with Crippen molar-refractivity contribution in [1.82, 2.24) is 9.38 Å². The lowest BCUT2D eigenvalue weighted by molar-refractivity contribution is -0.136. The molecule has 3 rings (SSSR count). The summed E-state index contributed by atoms with van der Waals surface area (Å²) in [5.41, 5.74) is 0.791. The van der Waals surface area contributed by atoms with E-state index in [0.29, 0.717) is 11.4 Å². The highest BCUT2D eigenvalue weighted by Crippen LogP contribution is 2.28. The Morgan fingerprint density at radius 2 is 2.05 bits per heavy atom. The number of imidazole rings is 1. The van der Waals surface area contributed by atoms with Crippen LogP contribution in [0.5, 0.6) is 0 Å². The first-order valence-electron chi connectivity index (χ1n) is 6.18. The molecule has 2 heterocycles. The van der Waals surface area contributed by atoms with Gasteiger partial charge in [0.15, 0.2) is 4.96 Å². The highest BCUT2D eigenvalue weighted by Gasteiger charge is 2.16. The summed E-state index contributed by atoms with van der Waals surface area (Å²) in [6, 6.07) is 3.65. The predicted molar refractivity (Wildman–Crippen MR) is 74.4 cm³/mol. The average Bonchev–Trinajstić information content (AvgIpc) is 2.96. The van der Waals surface area contributed by atoms with Crippen LogP contribution in [0.2, 0.25) is 0 Å². The molecule has 0 aliphatic heterocycles. The molecule has 0 fully saturated rings. The molecular formula is C14H10F2N2O2S. The number of thiazole rings is 1. The van der Waals surface area contributed by atoms with Gasteiger partial charge in [0.1, 0.15) is 11.6 Å². The molecule has 2 aromatic heterocycles. The molecule has 0 aliphatic rings. The number of hydrogen-bond acceptors (Lipinski definition) is 3. The van der Waals surface area contributed by atoms with Crippen LogP contribution in [0.3, 0.4) is 0 Å². The topological polar surface area (TPSA) is 54.6 Å². The highest BCUT2D eigenvalue weighted by molar-refractivity contribution is 7.15. The van der Waals surface area contributed by atoms with E-state index in [1.807, 2.05) is 0 Å². The quantitative estimate of drug-likeness (QED) is 0.804. The molecular weight excluding hydrogens is 298 g/mol. The molecule has 0 saturated heterocycles. The Balaban J connectivity index is 2.04. The number of benzene rings is 1. The average molecular weight is 308 g/mol. The van der Waals surface area contributed by atoms with E-state index in [-0.39, 0.29) is 17.7 Å². The SMILES string of the molecule is O=C(O)CCc1csc2nc(-c3c(F)cccc3F)cn12. The summed E-state index contributed by atoms with van der Waals surface area (Å²) >= 11 is 1.31. The van der Waals surface area contributed by atoms with Crippen LogP contribution in [-0.2, 0) is 11.2 Å². The van der Waals surface area contributed by atoms with E-state index < -0.39 is 17.6 Å². The van der Waals surface area contributed by atoms with Gasteiger partial charge < -0.3 is 5.11 Å². The molecule has 108 valence electrons. The van der Waals surface area contributed by atoms with E-state index in [1.165, 1.54) is 35.7 Å². The van der Waals surface area contributed by atoms with Crippen molar-refractivity contribution in [2.45, 2.75) is 12.8 Å². The zero-order valence-corrected chi connectivity index (χ0v) is 11.5. The van der Waals surface area contributed by atoms with E-state index in [2.05, 4.69) is 4.98 Å². The van der Waals surface area contributed by atoms with E-state index in [9.17, 15) is 13.6 Å². The molecule has 0 bridgehead atoms. The molecule has 0 radical (unpaired) electrons. The number of hydrogen-bond donors (Lipinski definition) is 1. The number of aromatic nitrogens is 2. The third-order valence-corrected chi connectivity index (χ3v) is 3.99. The summed E-state index contributed by atoms with van der Waals surface area (Å²) < 4.78 is 29.2. The third-order valence-electron chi connectivity index (χ3n) is 3.10. The Morgan fingerprint density at radius 1 is 1.33 bits per heavy atom. The van der Waals surface area contributed by atoms with Crippen LogP contribution in [0, 0.1) is 11.6 Å². The standard InChI is InChI=1S/C14H10F2N2O2S/c15-9-2-1-3-10(16)13(9)11-6-18-8(4-5-12(19)20)7-21-14(18)17-11/h1-3,6-7H,4-5H2,(H,19,20). The van der Waals surface area contributed by atoms with Crippen LogP contribution in [0.25, 0.3) is 16.2 Å². The number of halogens is 2. The Bertz CT molecular complexity index is 805. The van der Waals surface area contributed by atoms with Crippen molar-refractivity contribution in [2.75, 3.05) is 0 Å². The van der Waals surface area contributed by atoms with Crippen LogP contribution in [0.15, 0.2) is 29.8 Å². The summed E-state index contributed by atoms with van der Waals surface area (Å²) in [5.74, 6) is -2.24. The maximum absolute atomic E-state index is 13.8. The third kappa shape index (κ3) is 2.52. The number of carboxylic acid groups (broad SMARTS) is 1. The molecule has 0 aliphatic carbocycles. The summed E-state index contributed by atoms with van der Waals surface area (Å²) in [5, 5.41) is 10.5. The van der Waals surface area contributed by atoms with Gasteiger partial charge in [-0.1, -0.05) is 6.07 Å². The lowest BCUT2D eigenvalue weighted by Crippen LogP contribution is -1.99. The second-order valence-electron chi connectivity index (χ2n) is 4.50. The van der Waals surface area contributed by atoms with Crippen LogP contribution < -0.4 is 0 Å². The van der Waals surface area contributed by atoms with Gasteiger partial charge in [0, 0.05) is 17.3 Å². The monoisotopic (exact) mass is 308 g/mol. The van der Waals surface area contributed by atoms with E-state index in [0.717, 1.165) is 5.69 Å². The molecule has 3 aromatic rings. The summed E-state index contributed by atoms with van der Waals surface area (Å²) in [4.78, 5) is 15.4. The van der Waals surface area contributed by atoms with Crippen molar-refractivity contribution in [2.24, 2.45) is 0 Å². The van der Waals surface area contributed by atoms with Gasteiger partial charge in [-0.05, 0) is 18.6 Å². The number of nitrogens with zero attached hydrogens (tertiary/aromatic N) is 2. The van der Waals surface area contributed by atoms with Gasteiger partial charge in [-0.3, -0.25) is 9.20 Å². The first kappa shape index (κ1) is 13.7. The smallest absolute Gasteiger partial charge is 0.303 e.